The Kier molecular flexibility index (Phi) is 3.65. The molecule has 0 spiro atoms. The summed E-state index contributed by atoms with van der Waals surface area (Å²) in [6, 6.07) is 0. The van der Waals surface area contributed by atoms with Crippen molar-refractivity contribution < 1.29 is 19.1 Å². The minimum absolute atomic E-state index is 0.212. The Morgan fingerprint density at radius 1 is 1.29 bits per heavy atom. The van der Waals surface area contributed by atoms with E-state index in [9.17, 15) is 9.59 Å². The van der Waals surface area contributed by atoms with E-state index in [4.69, 9.17) is 0 Å². The number of carbonyl (C=O) groups excluding carboxylic acids is 2. The molecule has 1 aromatic heterocycles. The van der Waals surface area contributed by atoms with Crippen LogP contribution >= 0.6 is 27.3 Å². The molecule has 1 heterocycles. The zero-order valence-corrected chi connectivity index (χ0v) is 9.90. The largest absolute Gasteiger partial charge is 0.465 e. The van der Waals surface area contributed by atoms with Crippen molar-refractivity contribution in [2.24, 2.45) is 0 Å². The van der Waals surface area contributed by atoms with Crippen molar-refractivity contribution in [2.75, 3.05) is 14.2 Å². The van der Waals surface area contributed by atoms with Crippen molar-refractivity contribution in [1.29, 1.82) is 0 Å². The van der Waals surface area contributed by atoms with Gasteiger partial charge in [0.25, 0.3) is 0 Å². The van der Waals surface area contributed by atoms with Crippen LogP contribution in [0.2, 0.25) is 0 Å². The second-order valence-corrected chi connectivity index (χ2v) is 4.00. The number of carbonyl (C=O) groups is 2. The Morgan fingerprint density at radius 2 is 1.86 bits per heavy atom. The van der Waals surface area contributed by atoms with E-state index in [1.54, 1.807) is 5.38 Å². The van der Waals surface area contributed by atoms with E-state index in [1.165, 1.54) is 14.2 Å². The minimum Gasteiger partial charge on any atom is -0.465 e. The van der Waals surface area contributed by atoms with Crippen LogP contribution in [0, 0.1) is 0 Å². The maximum Gasteiger partial charge on any atom is 0.348 e. The maximum atomic E-state index is 11.3. The molecule has 0 amide bonds. The third-order valence-corrected chi connectivity index (χ3v) is 3.39. The van der Waals surface area contributed by atoms with Crippen molar-refractivity contribution in [3.8, 4) is 0 Å². The molecule has 0 saturated heterocycles. The first-order valence-corrected chi connectivity index (χ1v) is 5.22. The predicted octanol–water partition coefficient (Wildman–Crippen LogP) is 2.08. The molecule has 0 aliphatic rings. The van der Waals surface area contributed by atoms with Crippen LogP contribution in [0.3, 0.4) is 0 Å². The molecule has 0 unspecified atom stereocenters. The third kappa shape index (κ3) is 1.96. The zero-order chi connectivity index (χ0) is 10.7. The fraction of sp³-hybridized carbons (Fsp3) is 0.250. The summed E-state index contributed by atoms with van der Waals surface area (Å²) < 4.78 is 9.61. The van der Waals surface area contributed by atoms with E-state index in [2.05, 4.69) is 25.4 Å². The molecule has 1 rings (SSSR count). The van der Waals surface area contributed by atoms with Gasteiger partial charge in [-0.15, -0.1) is 11.3 Å². The van der Waals surface area contributed by atoms with Gasteiger partial charge in [0.1, 0.15) is 4.88 Å². The molecule has 0 atom stereocenters. The summed E-state index contributed by atoms with van der Waals surface area (Å²) in [4.78, 5) is 22.8. The van der Waals surface area contributed by atoms with Gasteiger partial charge in [-0.25, -0.2) is 9.59 Å². The molecule has 0 fully saturated rings. The SMILES string of the molecule is COC(=O)c1scc(Br)c1C(=O)OC. The molecule has 0 N–H and O–H groups in total. The fourth-order valence-corrected chi connectivity index (χ4v) is 2.47. The Hall–Kier alpha value is -0.880. The van der Waals surface area contributed by atoms with Gasteiger partial charge in [-0.1, -0.05) is 0 Å². The lowest BCUT2D eigenvalue weighted by Gasteiger charge is -2.00. The molecular formula is C8H7BrO4S. The van der Waals surface area contributed by atoms with Crippen LogP contribution in [-0.2, 0) is 9.47 Å². The number of methoxy groups -OCH3 is 2. The Balaban J connectivity index is 3.19. The average Bonchev–Trinajstić information content (AvgIpc) is 2.58. The summed E-state index contributed by atoms with van der Waals surface area (Å²) >= 11 is 4.29. The summed E-state index contributed by atoms with van der Waals surface area (Å²) in [5, 5.41) is 1.64. The molecule has 14 heavy (non-hydrogen) atoms. The number of thiophene rings is 1. The Bertz CT molecular complexity index is 371. The highest BCUT2D eigenvalue weighted by Crippen LogP contribution is 2.28. The molecule has 0 saturated carbocycles. The highest BCUT2D eigenvalue weighted by Gasteiger charge is 2.23. The highest BCUT2D eigenvalue weighted by molar-refractivity contribution is 9.10. The lowest BCUT2D eigenvalue weighted by molar-refractivity contribution is 0.0559. The number of ether oxygens (including phenoxy) is 2. The summed E-state index contributed by atoms with van der Waals surface area (Å²) in [6.45, 7) is 0. The summed E-state index contributed by atoms with van der Waals surface area (Å²) in [6.07, 6.45) is 0. The number of rotatable bonds is 2. The van der Waals surface area contributed by atoms with Crippen LogP contribution < -0.4 is 0 Å². The van der Waals surface area contributed by atoms with Gasteiger partial charge in [0, 0.05) is 9.85 Å². The van der Waals surface area contributed by atoms with E-state index in [-0.39, 0.29) is 10.4 Å². The van der Waals surface area contributed by atoms with Gasteiger partial charge in [0.15, 0.2) is 0 Å². The Morgan fingerprint density at radius 3 is 2.36 bits per heavy atom. The van der Waals surface area contributed by atoms with Crippen LogP contribution in [0.1, 0.15) is 20.0 Å². The Labute approximate surface area is 92.9 Å². The van der Waals surface area contributed by atoms with Crippen LogP contribution in [0.25, 0.3) is 0 Å². The predicted molar refractivity (Wildman–Crippen MR) is 54.7 cm³/mol. The minimum atomic E-state index is -0.557. The highest BCUT2D eigenvalue weighted by atomic mass is 79.9. The monoisotopic (exact) mass is 278 g/mol. The molecule has 0 bridgehead atoms. The van der Waals surface area contributed by atoms with Crippen molar-refractivity contribution in [2.45, 2.75) is 0 Å². The van der Waals surface area contributed by atoms with Crippen molar-refractivity contribution >= 4 is 39.2 Å². The van der Waals surface area contributed by atoms with Crippen molar-refractivity contribution in [3.05, 3.63) is 20.3 Å². The molecular weight excluding hydrogens is 272 g/mol. The van der Waals surface area contributed by atoms with Gasteiger partial charge in [-0.2, -0.15) is 0 Å². The quantitative estimate of drug-likeness (QED) is 0.778. The van der Waals surface area contributed by atoms with Gasteiger partial charge in [0.2, 0.25) is 0 Å². The second kappa shape index (κ2) is 4.56. The second-order valence-electron chi connectivity index (χ2n) is 2.27. The fourth-order valence-electron chi connectivity index (χ4n) is 0.872. The summed E-state index contributed by atoms with van der Waals surface area (Å²) in [5.41, 5.74) is 0.212. The lowest BCUT2D eigenvalue weighted by Crippen LogP contribution is -2.08. The van der Waals surface area contributed by atoms with Gasteiger partial charge in [-0.3, -0.25) is 0 Å². The van der Waals surface area contributed by atoms with Crippen LogP contribution in [0.15, 0.2) is 9.85 Å². The first-order chi connectivity index (χ1) is 6.61. The normalized spacial score (nSPS) is 9.64. The standard InChI is InChI=1S/C8H7BrO4S/c1-12-7(10)5-4(9)3-14-6(5)8(11)13-2/h3H,1-2H3. The van der Waals surface area contributed by atoms with Crippen molar-refractivity contribution in [1.82, 2.24) is 0 Å². The van der Waals surface area contributed by atoms with Gasteiger partial charge < -0.3 is 9.47 Å². The third-order valence-electron chi connectivity index (χ3n) is 1.51. The molecule has 4 nitrogen and oxygen atoms in total. The van der Waals surface area contributed by atoms with Gasteiger partial charge in [0.05, 0.1) is 19.8 Å². The van der Waals surface area contributed by atoms with E-state index >= 15 is 0 Å². The summed E-state index contributed by atoms with van der Waals surface area (Å²) in [7, 11) is 2.52. The molecule has 6 heteroatoms. The number of esters is 2. The topological polar surface area (TPSA) is 52.6 Å². The van der Waals surface area contributed by atoms with E-state index in [1.807, 2.05) is 0 Å². The first kappa shape index (κ1) is 11.2. The average molecular weight is 279 g/mol. The molecule has 0 aliphatic heterocycles. The number of hydrogen-bond donors (Lipinski definition) is 0. The first-order valence-electron chi connectivity index (χ1n) is 3.55. The number of hydrogen-bond acceptors (Lipinski definition) is 5. The molecule has 0 radical (unpaired) electrons. The van der Waals surface area contributed by atoms with Crippen molar-refractivity contribution in [3.63, 3.8) is 0 Å². The van der Waals surface area contributed by atoms with Crippen LogP contribution in [0.5, 0.6) is 0 Å². The van der Waals surface area contributed by atoms with Gasteiger partial charge >= 0.3 is 11.9 Å². The maximum absolute atomic E-state index is 11.3. The van der Waals surface area contributed by atoms with Crippen LogP contribution in [0.4, 0.5) is 0 Å². The van der Waals surface area contributed by atoms with Crippen LogP contribution in [-0.4, -0.2) is 26.2 Å². The zero-order valence-electron chi connectivity index (χ0n) is 7.50. The van der Waals surface area contributed by atoms with E-state index < -0.39 is 11.9 Å². The molecule has 1 aromatic rings. The lowest BCUT2D eigenvalue weighted by atomic mass is 10.2. The molecule has 76 valence electrons. The smallest absolute Gasteiger partial charge is 0.348 e. The van der Waals surface area contributed by atoms with E-state index in [0.29, 0.717) is 4.47 Å². The van der Waals surface area contributed by atoms with Gasteiger partial charge in [-0.05, 0) is 15.9 Å². The molecule has 0 aromatic carbocycles. The number of halogens is 1. The molecule has 0 aliphatic carbocycles. The van der Waals surface area contributed by atoms with E-state index in [0.717, 1.165) is 11.3 Å². The summed E-state index contributed by atoms with van der Waals surface area (Å²) in [5.74, 6) is -1.10.